The maximum atomic E-state index is 9.47. The van der Waals surface area contributed by atoms with Crippen molar-refractivity contribution < 1.29 is 5.11 Å². The third-order valence-electron chi connectivity index (χ3n) is 3.87. The predicted molar refractivity (Wildman–Crippen MR) is 82.4 cm³/mol. The SMILES string of the molecule is CC(C)N1CCC(NCc2ccc(O)c(Br)c2)CC1. The van der Waals surface area contributed by atoms with Crippen molar-refractivity contribution in [2.24, 2.45) is 0 Å². The summed E-state index contributed by atoms with van der Waals surface area (Å²) in [4.78, 5) is 2.54. The third-order valence-corrected chi connectivity index (χ3v) is 4.50. The fourth-order valence-electron chi connectivity index (χ4n) is 2.54. The van der Waals surface area contributed by atoms with Gasteiger partial charge in [0.05, 0.1) is 4.47 Å². The first-order chi connectivity index (χ1) is 9.06. The van der Waals surface area contributed by atoms with E-state index in [0.29, 0.717) is 17.8 Å². The Kier molecular flexibility index (Phi) is 5.25. The zero-order chi connectivity index (χ0) is 13.8. The molecule has 0 saturated carbocycles. The second-order valence-corrected chi connectivity index (χ2v) is 6.42. The molecule has 3 nitrogen and oxygen atoms in total. The van der Waals surface area contributed by atoms with Gasteiger partial charge in [-0.25, -0.2) is 0 Å². The Balaban J connectivity index is 1.79. The fourth-order valence-corrected chi connectivity index (χ4v) is 2.97. The van der Waals surface area contributed by atoms with Crippen LogP contribution >= 0.6 is 15.9 Å². The number of phenols is 1. The topological polar surface area (TPSA) is 35.5 Å². The van der Waals surface area contributed by atoms with Crippen LogP contribution in [-0.2, 0) is 6.54 Å². The average molecular weight is 327 g/mol. The molecular formula is C15H23BrN2O. The summed E-state index contributed by atoms with van der Waals surface area (Å²) in [6, 6.07) is 6.96. The normalized spacial score (nSPS) is 18.1. The van der Waals surface area contributed by atoms with E-state index in [1.54, 1.807) is 6.07 Å². The van der Waals surface area contributed by atoms with Gasteiger partial charge in [0, 0.05) is 18.6 Å². The number of benzene rings is 1. The number of hydrogen-bond acceptors (Lipinski definition) is 3. The summed E-state index contributed by atoms with van der Waals surface area (Å²) in [5.74, 6) is 0.300. The zero-order valence-electron chi connectivity index (χ0n) is 11.7. The largest absolute Gasteiger partial charge is 0.507 e. The van der Waals surface area contributed by atoms with E-state index in [1.165, 1.54) is 31.5 Å². The zero-order valence-corrected chi connectivity index (χ0v) is 13.3. The number of nitrogens with zero attached hydrogens (tertiary/aromatic N) is 1. The number of nitrogens with one attached hydrogen (secondary N) is 1. The summed E-state index contributed by atoms with van der Waals surface area (Å²) in [6.07, 6.45) is 2.44. The van der Waals surface area contributed by atoms with Gasteiger partial charge in [-0.2, -0.15) is 0 Å². The van der Waals surface area contributed by atoms with Gasteiger partial charge in [0.15, 0.2) is 0 Å². The van der Waals surface area contributed by atoms with E-state index < -0.39 is 0 Å². The lowest BCUT2D eigenvalue weighted by Gasteiger charge is -2.35. The molecule has 0 radical (unpaired) electrons. The number of rotatable bonds is 4. The molecule has 0 amide bonds. The van der Waals surface area contributed by atoms with Crippen LogP contribution in [0, 0.1) is 0 Å². The number of phenolic OH excluding ortho intramolecular Hbond substituents is 1. The molecule has 1 aliphatic rings. The Morgan fingerprint density at radius 2 is 2.05 bits per heavy atom. The molecule has 4 heteroatoms. The highest BCUT2D eigenvalue weighted by atomic mass is 79.9. The minimum Gasteiger partial charge on any atom is -0.507 e. The lowest BCUT2D eigenvalue weighted by atomic mass is 10.0. The Bertz CT molecular complexity index is 415. The number of halogens is 1. The van der Waals surface area contributed by atoms with E-state index >= 15 is 0 Å². The van der Waals surface area contributed by atoms with Crippen molar-refractivity contribution in [3.63, 3.8) is 0 Å². The van der Waals surface area contributed by atoms with Crippen molar-refractivity contribution in [2.45, 2.75) is 45.3 Å². The van der Waals surface area contributed by atoms with E-state index in [2.05, 4.69) is 40.0 Å². The van der Waals surface area contributed by atoms with E-state index in [0.717, 1.165) is 11.0 Å². The van der Waals surface area contributed by atoms with Gasteiger partial charge >= 0.3 is 0 Å². The van der Waals surface area contributed by atoms with Crippen molar-refractivity contribution in [1.82, 2.24) is 10.2 Å². The van der Waals surface area contributed by atoms with Crippen LogP contribution in [0.25, 0.3) is 0 Å². The number of hydrogen-bond donors (Lipinski definition) is 2. The molecule has 0 atom stereocenters. The van der Waals surface area contributed by atoms with Gasteiger partial charge < -0.3 is 15.3 Å². The smallest absolute Gasteiger partial charge is 0.129 e. The number of likely N-dealkylation sites (tertiary alicyclic amines) is 1. The van der Waals surface area contributed by atoms with Gasteiger partial charge in [0.2, 0.25) is 0 Å². The fraction of sp³-hybridized carbons (Fsp3) is 0.600. The maximum Gasteiger partial charge on any atom is 0.129 e. The Morgan fingerprint density at radius 3 is 2.63 bits per heavy atom. The summed E-state index contributed by atoms with van der Waals surface area (Å²) in [5, 5.41) is 13.1. The summed E-state index contributed by atoms with van der Waals surface area (Å²) in [7, 11) is 0. The van der Waals surface area contributed by atoms with Crippen LogP contribution in [0.1, 0.15) is 32.3 Å². The van der Waals surface area contributed by atoms with Gasteiger partial charge in [0.25, 0.3) is 0 Å². The van der Waals surface area contributed by atoms with Crippen LogP contribution in [0.3, 0.4) is 0 Å². The molecule has 1 aromatic carbocycles. The molecule has 2 N–H and O–H groups in total. The second kappa shape index (κ2) is 6.73. The van der Waals surface area contributed by atoms with E-state index in [4.69, 9.17) is 0 Å². The molecule has 1 fully saturated rings. The van der Waals surface area contributed by atoms with E-state index in [1.807, 2.05) is 12.1 Å². The molecule has 2 rings (SSSR count). The Morgan fingerprint density at radius 1 is 1.37 bits per heavy atom. The highest BCUT2D eigenvalue weighted by molar-refractivity contribution is 9.10. The van der Waals surface area contributed by atoms with E-state index in [-0.39, 0.29) is 0 Å². The Labute approximate surface area is 124 Å². The minimum atomic E-state index is 0.300. The van der Waals surface area contributed by atoms with Crippen LogP contribution in [0.2, 0.25) is 0 Å². The summed E-state index contributed by atoms with van der Waals surface area (Å²) in [5.41, 5.74) is 1.20. The summed E-state index contributed by atoms with van der Waals surface area (Å²) in [6.45, 7) is 7.78. The van der Waals surface area contributed by atoms with Crippen LogP contribution in [-0.4, -0.2) is 35.2 Å². The van der Waals surface area contributed by atoms with Crippen molar-refractivity contribution in [1.29, 1.82) is 0 Å². The van der Waals surface area contributed by atoms with Gasteiger partial charge in [-0.05, 0) is 73.4 Å². The van der Waals surface area contributed by atoms with Crippen LogP contribution < -0.4 is 5.32 Å². The minimum absolute atomic E-state index is 0.300. The van der Waals surface area contributed by atoms with Crippen LogP contribution in [0.5, 0.6) is 5.75 Å². The van der Waals surface area contributed by atoms with Crippen LogP contribution in [0.4, 0.5) is 0 Å². The molecule has 1 saturated heterocycles. The molecule has 0 spiro atoms. The van der Waals surface area contributed by atoms with Crippen molar-refractivity contribution in [3.8, 4) is 5.75 Å². The molecule has 1 aromatic rings. The van der Waals surface area contributed by atoms with Gasteiger partial charge in [-0.1, -0.05) is 6.07 Å². The Hall–Kier alpha value is -0.580. The van der Waals surface area contributed by atoms with E-state index in [9.17, 15) is 5.11 Å². The highest BCUT2D eigenvalue weighted by Crippen LogP contribution is 2.24. The van der Waals surface area contributed by atoms with Crippen molar-refractivity contribution in [2.75, 3.05) is 13.1 Å². The molecule has 1 heterocycles. The van der Waals surface area contributed by atoms with Crippen LogP contribution in [0.15, 0.2) is 22.7 Å². The first-order valence-electron chi connectivity index (χ1n) is 7.01. The van der Waals surface area contributed by atoms with Crippen molar-refractivity contribution >= 4 is 15.9 Å². The molecule has 106 valence electrons. The molecule has 19 heavy (non-hydrogen) atoms. The molecule has 0 unspecified atom stereocenters. The average Bonchev–Trinajstić information content (AvgIpc) is 2.40. The highest BCUT2D eigenvalue weighted by Gasteiger charge is 2.20. The third kappa shape index (κ3) is 4.20. The van der Waals surface area contributed by atoms with Gasteiger partial charge in [-0.3, -0.25) is 0 Å². The van der Waals surface area contributed by atoms with Gasteiger partial charge in [0.1, 0.15) is 5.75 Å². The molecule has 0 aromatic heterocycles. The lowest BCUT2D eigenvalue weighted by Crippen LogP contribution is -2.44. The molecule has 0 bridgehead atoms. The van der Waals surface area contributed by atoms with Crippen molar-refractivity contribution in [3.05, 3.63) is 28.2 Å². The summed E-state index contributed by atoms with van der Waals surface area (Å²) < 4.78 is 0.765. The number of aromatic hydroxyl groups is 1. The number of piperidine rings is 1. The molecular weight excluding hydrogens is 304 g/mol. The predicted octanol–water partition coefficient (Wildman–Crippen LogP) is 3.12. The second-order valence-electron chi connectivity index (χ2n) is 5.57. The maximum absolute atomic E-state index is 9.47. The molecule has 0 aliphatic carbocycles. The first kappa shape index (κ1) is 14.8. The summed E-state index contributed by atoms with van der Waals surface area (Å²) >= 11 is 3.35. The standard InChI is InChI=1S/C15H23BrN2O/c1-11(2)18-7-5-13(6-8-18)17-10-12-3-4-15(19)14(16)9-12/h3-4,9,11,13,17,19H,5-8,10H2,1-2H3. The molecule has 1 aliphatic heterocycles. The first-order valence-corrected chi connectivity index (χ1v) is 7.80. The quantitative estimate of drug-likeness (QED) is 0.892. The monoisotopic (exact) mass is 326 g/mol. The lowest BCUT2D eigenvalue weighted by molar-refractivity contribution is 0.161. The van der Waals surface area contributed by atoms with Gasteiger partial charge in [-0.15, -0.1) is 0 Å².